The van der Waals surface area contributed by atoms with Crippen LogP contribution in [0.4, 0.5) is 0 Å². The highest BCUT2D eigenvalue weighted by molar-refractivity contribution is 5.89. The van der Waals surface area contributed by atoms with Gasteiger partial charge in [0.25, 0.3) is 5.56 Å². The molecule has 1 N–H and O–H groups in total. The van der Waals surface area contributed by atoms with E-state index < -0.39 is 0 Å². The summed E-state index contributed by atoms with van der Waals surface area (Å²) in [7, 11) is 0. The van der Waals surface area contributed by atoms with Crippen LogP contribution in [0.5, 0.6) is 5.75 Å². The van der Waals surface area contributed by atoms with Gasteiger partial charge in [-0.3, -0.25) is 9.78 Å². The molecule has 0 amide bonds. The van der Waals surface area contributed by atoms with E-state index in [0.29, 0.717) is 31.1 Å². The highest BCUT2D eigenvalue weighted by Crippen LogP contribution is 2.37. The van der Waals surface area contributed by atoms with E-state index in [0.717, 1.165) is 33.4 Å². The standard InChI is InChI=1S/C23H23N3O4/c1-15-23(16(2)30-25-15)19-12-17-7-8-22(28)26(14-18-6-3-4-9-24-18)20(17)13-21(19)29-11-5-10-27/h3-4,6-9,12-13,27H,5,10-11,14H2,1-2H3. The minimum absolute atomic E-state index is 0.0403. The zero-order valence-corrected chi connectivity index (χ0v) is 17.0. The first-order valence-electron chi connectivity index (χ1n) is 9.83. The molecule has 0 bridgehead atoms. The second kappa shape index (κ2) is 8.51. The molecule has 4 rings (SSSR count). The molecular weight excluding hydrogens is 382 g/mol. The van der Waals surface area contributed by atoms with Crippen molar-refractivity contribution in [2.45, 2.75) is 26.8 Å². The molecule has 0 aliphatic rings. The number of aromatic nitrogens is 3. The monoisotopic (exact) mass is 405 g/mol. The SMILES string of the molecule is Cc1noc(C)c1-c1cc2ccc(=O)n(Cc3ccccn3)c2cc1OCCCO. The predicted octanol–water partition coefficient (Wildman–Crippen LogP) is 3.48. The molecule has 3 heterocycles. The highest BCUT2D eigenvalue weighted by atomic mass is 16.5. The van der Waals surface area contributed by atoms with Crippen LogP contribution >= 0.6 is 0 Å². The summed E-state index contributed by atoms with van der Waals surface area (Å²) >= 11 is 0. The smallest absolute Gasteiger partial charge is 0.251 e. The van der Waals surface area contributed by atoms with Crippen molar-refractivity contribution in [1.29, 1.82) is 0 Å². The fourth-order valence-electron chi connectivity index (χ4n) is 3.57. The number of aliphatic hydroxyl groups excluding tert-OH is 1. The third-order valence-corrected chi connectivity index (χ3v) is 5.00. The normalized spacial score (nSPS) is 11.2. The second-order valence-corrected chi connectivity index (χ2v) is 7.11. The van der Waals surface area contributed by atoms with Crippen LogP contribution in [0.1, 0.15) is 23.6 Å². The molecule has 0 aliphatic carbocycles. The van der Waals surface area contributed by atoms with Gasteiger partial charge in [0.2, 0.25) is 0 Å². The molecule has 0 spiro atoms. The Kier molecular flexibility index (Phi) is 5.63. The second-order valence-electron chi connectivity index (χ2n) is 7.11. The Morgan fingerprint density at radius 3 is 2.73 bits per heavy atom. The maximum Gasteiger partial charge on any atom is 0.251 e. The van der Waals surface area contributed by atoms with Gasteiger partial charge < -0.3 is 18.9 Å². The molecule has 4 aromatic rings. The molecule has 0 aliphatic heterocycles. The van der Waals surface area contributed by atoms with Crippen molar-refractivity contribution in [3.8, 4) is 16.9 Å². The number of nitrogens with zero attached hydrogens (tertiary/aromatic N) is 3. The summed E-state index contributed by atoms with van der Waals surface area (Å²) in [4.78, 5) is 17.0. The third kappa shape index (κ3) is 3.84. The molecule has 0 saturated carbocycles. The van der Waals surface area contributed by atoms with Gasteiger partial charge in [0.05, 0.1) is 35.6 Å². The maximum atomic E-state index is 12.7. The average Bonchev–Trinajstić information content (AvgIpc) is 3.09. The molecule has 0 unspecified atom stereocenters. The predicted molar refractivity (Wildman–Crippen MR) is 114 cm³/mol. The number of benzene rings is 1. The van der Waals surface area contributed by atoms with Gasteiger partial charge in [-0.2, -0.15) is 0 Å². The van der Waals surface area contributed by atoms with Crippen LogP contribution in [0.2, 0.25) is 0 Å². The fourth-order valence-corrected chi connectivity index (χ4v) is 3.57. The lowest BCUT2D eigenvalue weighted by molar-refractivity contribution is 0.234. The third-order valence-electron chi connectivity index (χ3n) is 5.00. The van der Waals surface area contributed by atoms with E-state index in [4.69, 9.17) is 14.4 Å². The van der Waals surface area contributed by atoms with Crippen LogP contribution in [-0.4, -0.2) is 33.0 Å². The number of rotatable bonds is 7. The number of aryl methyl sites for hydroxylation is 2. The summed E-state index contributed by atoms with van der Waals surface area (Å²) in [5.74, 6) is 1.31. The number of ether oxygens (including phenoxy) is 1. The summed E-state index contributed by atoms with van der Waals surface area (Å²) in [6, 6.07) is 12.9. The van der Waals surface area contributed by atoms with Crippen LogP contribution in [0.15, 0.2) is 58.0 Å². The van der Waals surface area contributed by atoms with Gasteiger partial charge in [0.15, 0.2) is 0 Å². The number of aliphatic hydroxyl groups is 1. The van der Waals surface area contributed by atoms with Gasteiger partial charge >= 0.3 is 0 Å². The number of fused-ring (bicyclic) bond motifs is 1. The van der Waals surface area contributed by atoms with Crippen LogP contribution in [-0.2, 0) is 6.54 Å². The number of pyridine rings is 2. The first-order valence-corrected chi connectivity index (χ1v) is 9.83. The van der Waals surface area contributed by atoms with Crippen molar-refractivity contribution in [3.63, 3.8) is 0 Å². The van der Waals surface area contributed by atoms with Gasteiger partial charge in [-0.15, -0.1) is 0 Å². The molecule has 1 aromatic carbocycles. The minimum Gasteiger partial charge on any atom is -0.493 e. The molecule has 154 valence electrons. The average molecular weight is 405 g/mol. The van der Waals surface area contributed by atoms with E-state index in [-0.39, 0.29) is 12.2 Å². The van der Waals surface area contributed by atoms with Gasteiger partial charge in [-0.1, -0.05) is 11.2 Å². The van der Waals surface area contributed by atoms with Crippen molar-refractivity contribution < 1.29 is 14.4 Å². The van der Waals surface area contributed by atoms with E-state index in [2.05, 4.69) is 10.1 Å². The molecular formula is C23H23N3O4. The highest BCUT2D eigenvalue weighted by Gasteiger charge is 2.18. The molecule has 0 radical (unpaired) electrons. The van der Waals surface area contributed by atoms with Crippen LogP contribution in [0.3, 0.4) is 0 Å². The molecule has 0 saturated heterocycles. The van der Waals surface area contributed by atoms with Crippen molar-refractivity contribution in [1.82, 2.24) is 14.7 Å². The molecule has 7 nitrogen and oxygen atoms in total. The van der Waals surface area contributed by atoms with E-state index in [1.807, 2.05) is 50.2 Å². The molecule has 30 heavy (non-hydrogen) atoms. The Bertz CT molecular complexity index is 1210. The molecule has 0 atom stereocenters. The largest absolute Gasteiger partial charge is 0.493 e. The molecule has 3 aromatic heterocycles. The first kappa shape index (κ1) is 19.8. The van der Waals surface area contributed by atoms with Crippen molar-refractivity contribution in [2.75, 3.05) is 13.2 Å². The summed E-state index contributed by atoms with van der Waals surface area (Å²) in [5.41, 5.74) is 3.92. The van der Waals surface area contributed by atoms with Crippen LogP contribution in [0.25, 0.3) is 22.0 Å². The van der Waals surface area contributed by atoms with Crippen molar-refractivity contribution in [3.05, 3.63) is 76.2 Å². The summed E-state index contributed by atoms with van der Waals surface area (Å²) in [6.45, 7) is 4.50. The van der Waals surface area contributed by atoms with Crippen molar-refractivity contribution >= 4 is 10.9 Å². The topological polar surface area (TPSA) is 90.4 Å². The van der Waals surface area contributed by atoms with E-state index >= 15 is 0 Å². The summed E-state index contributed by atoms with van der Waals surface area (Å²) < 4.78 is 13.0. The van der Waals surface area contributed by atoms with Crippen LogP contribution < -0.4 is 10.3 Å². The van der Waals surface area contributed by atoms with Gasteiger partial charge in [0.1, 0.15) is 11.5 Å². The Morgan fingerprint density at radius 2 is 2.03 bits per heavy atom. The van der Waals surface area contributed by atoms with E-state index in [1.54, 1.807) is 16.8 Å². The Morgan fingerprint density at radius 1 is 1.17 bits per heavy atom. The van der Waals surface area contributed by atoms with Gasteiger partial charge in [0, 0.05) is 36.9 Å². The maximum absolute atomic E-state index is 12.7. The molecule has 7 heteroatoms. The zero-order chi connectivity index (χ0) is 21.1. The lowest BCUT2D eigenvalue weighted by Gasteiger charge is -2.16. The van der Waals surface area contributed by atoms with E-state index in [9.17, 15) is 4.79 Å². The van der Waals surface area contributed by atoms with Crippen LogP contribution in [0, 0.1) is 13.8 Å². The fraction of sp³-hybridized carbons (Fsp3) is 0.261. The minimum atomic E-state index is -0.112. The zero-order valence-electron chi connectivity index (χ0n) is 17.0. The lowest BCUT2D eigenvalue weighted by atomic mass is 10.0. The van der Waals surface area contributed by atoms with E-state index in [1.165, 1.54) is 0 Å². The lowest BCUT2D eigenvalue weighted by Crippen LogP contribution is -2.20. The summed E-state index contributed by atoms with van der Waals surface area (Å²) in [6.07, 6.45) is 2.22. The number of hydrogen-bond acceptors (Lipinski definition) is 6. The van der Waals surface area contributed by atoms with Gasteiger partial charge in [-0.05, 0) is 43.5 Å². The molecule has 0 fully saturated rings. The van der Waals surface area contributed by atoms with Gasteiger partial charge in [-0.25, -0.2) is 0 Å². The number of hydrogen-bond donors (Lipinski definition) is 1. The quantitative estimate of drug-likeness (QED) is 0.474. The first-order chi connectivity index (χ1) is 14.6. The van der Waals surface area contributed by atoms with Crippen molar-refractivity contribution in [2.24, 2.45) is 0 Å². The Labute approximate surface area is 173 Å². The Hall–Kier alpha value is -3.45. The Balaban J connectivity index is 1.90. The summed E-state index contributed by atoms with van der Waals surface area (Å²) in [5, 5.41) is 14.1.